The molecule has 2 aliphatic heterocycles. The molecule has 0 spiro atoms. The van der Waals surface area contributed by atoms with Gasteiger partial charge in [-0.2, -0.15) is 8.42 Å². The molecule has 1 unspecified atom stereocenters. The van der Waals surface area contributed by atoms with Crippen molar-refractivity contribution < 1.29 is 22.2 Å². The molecule has 2 aliphatic rings. The number of carbonyl (C=O) groups is 2. The molecule has 3 rings (SSSR count). The highest BCUT2D eigenvalue weighted by molar-refractivity contribution is 7.86. The first kappa shape index (κ1) is 18.7. The number of benzene rings is 1. The van der Waals surface area contributed by atoms with Gasteiger partial charge in [-0.25, -0.2) is 0 Å². The summed E-state index contributed by atoms with van der Waals surface area (Å²) >= 11 is 0. The highest BCUT2D eigenvalue weighted by atomic mass is 32.2. The minimum atomic E-state index is -3.67. The van der Waals surface area contributed by atoms with Gasteiger partial charge in [0, 0.05) is 18.2 Å². The molecule has 142 valence electrons. The summed E-state index contributed by atoms with van der Waals surface area (Å²) in [5.74, 6) is -0.154. The summed E-state index contributed by atoms with van der Waals surface area (Å²) in [6.45, 7) is 1.75. The lowest BCUT2D eigenvalue weighted by Crippen LogP contribution is -2.47. The van der Waals surface area contributed by atoms with E-state index in [1.54, 1.807) is 6.07 Å². The van der Waals surface area contributed by atoms with Gasteiger partial charge in [0.25, 0.3) is 0 Å². The van der Waals surface area contributed by atoms with Gasteiger partial charge >= 0.3 is 10.1 Å². The van der Waals surface area contributed by atoms with E-state index in [0.29, 0.717) is 12.1 Å². The van der Waals surface area contributed by atoms with Gasteiger partial charge in [-0.1, -0.05) is 6.07 Å². The van der Waals surface area contributed by atoms with Crippen LogP contribution in [-0.4, -0.2) is 45.6 Å². The van der Waals surface area contributed by atoms with Crippen LogP contribution in [0.1, 0.15) is 37.2 Å². The van der Waals surface area contributed by atoms with Crippen LogP contribution in [0.25, 0.3) is 0 Å². The number of amides is 2. The van der Waals surface area contributed by atoms with Crippen molar-refractivity contribution in [1.29, 1.82) is 0 Å². The zero-order valence-electron chi connectivity index (χ0n) is 14.6. The van der Waals surface area contributed by atoms with Crippen LogP contribution >= 0.6 is 0 Å². The van der Waals surface area contributed by atoms with E-state index in [9.17, 15) is 18.0 Å². The van der Waals surface area contributed by atoms with Gasteiger partial charge < -0.3 is 14.8 Å². The highest BCUT2D eigenvalue weighted by Gasteiger charge is 2.27. The topological polar surface area (TPSA) is 114 Å². The van der Waals surface area contributed by atoms with Gasteiger partial charge in [0.15, 0.2) is 0 Å². The van der Waals surface area contributed by atoms with Crippen LogP contribution in [0.4, 0.5) is 5.69 Å². The van der Waals surface area contributed by atoms with Crippen molar-refractivity contribution in [1.82, 2.24) is 10.6 Å². The largest absolute Gasteiger partial charge is 0.382 e. The van der Waals surface area contributed by atoms with Gasteiger partial charge in [0.2, 0.25) is 11.8 Å². The van der Waals surface area contributed by atoms with Crippen LogP contribution in [0.15, 0.2) is 18.2 Å². The Hall–Kier alpha value is -2.13. The average molecular weight is 381 g/mol. The number of piperidine rings is 2. The monoisotopic (exact) mass is 381 g/mol. The molecule has 1 aromatic rings. The second kappa shape index (κ2) is 7.63. The molecule has 2 fully saturated rings. The third kappa shape index (κ3) is 4.73. The fraction of sp³-hybridized carbons (Fsp3) is 0.529. The SMILES string of the molecule is CS(=O)(=O)Oc1cc(NC2CCC(=O)NC2=O)ccc1C1CCNCC1. The smallest absolute Gasteiger partial charge is 0.306 e. The Morgan fingerprint density at radius 2 is 1.88 bits per heavy atom. The van der Waals surface area contributed by atoms with Crippen molar-refractivity contribution in [2.24, 2.45) is 0 Å². The van der Waals surface area contributed by atoms with E-state index in [0.717, 1.165) is 37.8 Å². The Bertz CT molecular complexity index is 803. The third-order valence-corrected chi connectivity index (χ3v) is 5.10. The molecule has 0 saturated carbocycles. The molecule has 3 N–H and O–H groups in total. The van der Waals surface area contributed by atoms with Gasteiger partial charge in [0.05, 0.1) is 6.26 Å². The molecule has 0 aliphatic carbocycles. The zero-order chi connectivity index (χ0) is 18.7. The first-order valence-corrected chi connectivity index (χ1v) is 10.5. The van der Waals surface area contributed by atoms with Crippen LogP contribution in [0.5, 0.6) is 5.75 Å². The second-order valence-corrected chi connectivity index (χ2v) is 8.29. The number of anilines is 1. The molecule has 1 atom stereocenters. The Labute approximate surface area is 152 Å². The van der Waals surface area contributed by atoms with Crippen LogP contribution in [-0.2, 0) is 19.7 Å². The minimum Gasteiger partial charge on any atom is -0.382 e. The summed E-state index contributed by atoms with van der Waals surface area (Å²) in [4.78, 5) is 23.2. The fourth-order valence-corrected chi connectivity index (χ4v) is 3.83. The van der Waals surface area contributed by atoms with E-state index >= 15 is 0 Å². The fourth-order valence-electron chi connectivity index (χ4n) is 3.36. The third-order valence-electron chi connectivity index (χ3n) is 4.61. The normalized spacial score (nSPS) is 22.0. The summed E-state index contributed by atoms with van der Waals surface area (Å²) in [5, 5.41) is 8.63. The van der Waals surface area contributed by atoms with Gasteiger partial charge in [0.1, 0.15) is 11.8 Å². The van der Waals surface area contributed by atoms with Crippen LogP contribution in [0, 0.1) is 0 Å². The maximum Gasteiger partial charge on any atom is 0.306 e. The Morgan fingerprint density at radius 1 is 1.15 bits per heavy atom. The van der Waals surface area contributed by atoms with Crippen molar-refractivity contribution in [3.8, 4) is 5.75 Å². The first-order chi connectivity index (χ1) is 12.3. The predicted octanol–water partition coefficient (Wildman–Crippen LogP) is 0.709. The molecule has 0 aromatic heterocycles. The van der Waals surface area contributed by atoms with Crippen molar-refractivity contribution in [2.45, 2.75) is 37.6 Å². The van der Waals surface area contributed by atoms with E-state index in [1.807, 2.05) is 12.1 Å². The lowest BCUT2D eigenvalue weighted by Gasteiger charge is -2.26. The van der Waals surface area contributed by atoms with Gasteiger partial charge in [-0.15, -0.1) is 0 Å². The van der Waals surface area contributed by atoms with Crippen molar-refractivity contribution in [3.05, 3.63) is 23.8 Å². The number of rotatable bonds is 5. The number of carbonyl (C=O) groups excluding carboxylic acids is 2. The van der Waals surface area contributed by atoms with Crippen molar-refractivity contribution in [2.75, 3.05) is 24.7 Å². The van der Waals surface area contributed by atoms with E-state index < -0.39 is 16.2 Å². The van der Waals surface area contributed by atoms with Crippen molar-refractivity contribution >= 4 is 27.6 Å². The number of imide groups is 1. The molecule has 9 heteroatoms. The lowest BCUT2D eigenvalue weighted by atomic mass is 9.89. The molecular weight excluding hydrogens is 358 g/mol. The first-order valence-electron chi connectivity index (χ1n) is 8.66. The Kier molecular flexibility index (Phi) is 5.47. The van der Waals surface area contributed by atoms with Gasteiger partial charge in [-0.05, 0) is 49.9 Å². The van der Waals surface area contributed by atoms with Crippen LogP contribution < -0.4 is 20.1 Å². The predicted molar refractivity (Wildman–Crippen MR) is 96.6 cm³/mol. The molecule has 26 heavy (non-hydrogen) atoms. The summed E-state index contributed by atoms with van der Waals surface area (Å²) < 4.78 is 28.6. The average Bonchev–Trinajstić information content (AvgIpc) is 2.57. The Morgan fingerprint density at radius 3 is 2.54 bits per heavy atom. The Balaban J connectivity index is 1.84. The highest BCUT2D eigenvalue weighted by Crippen LogP contribution is 2.35. The molecule has 2 saturated heterocycles. The summed E-state index contributed by atoms with van der Waals surface area (Å²) in [6.07, 6.45) is 3.48. The molecule has 8 nitrogen and oxygen atoms in total. The maximum absolute atomic E-state index is 11.9. The maximum atomic E-state index is 11.9. The zero-order valence-corrected chi connectivity index (χ0v) is 15.4. The number of hydrogen-bond donors (Lipinski definition) is 3. The molecule has 0 radical (unpaired) electrons. The van der Waals surface area contributed by atoms with Crippen LogP contribution in [0.3, 0.4) is 0 Å². The summed E-state index contributed by atoms with van der Waals surface area (Å²) in [7, 11) is -3.67. The van der Waals surface area contributed by atoms with E-state index in [4.69, 9.17) is 4.18 Å². The molecule has 2 heterocycles. The van der Waals surface area contributed by atoms with E-state index in [1.165, 1.54) is 0 Å². The van der Waals surface area contributed by atoms with Gasteiger partial charge in [-0.3, -0.25) is 14.9 Å². The minimum absolute atomic E-state index is 0.220. The standard InChI is InChI=1S/C17H23N3O5S/c1-26(23,24)25-15-10-12(19-14-4-5-16(21)20-17(14)22)2-3-13(15)11-6-8-18-9-7-11/h2-3,10-11,14,18-19H,4-9H2,1H3,(H,20,21,22). The lowest BCUT2D eigenvalue weighted by molar-refractivity contribution is -0.133. The number of nitrogens with one attached hydrogen (secondary N) is 3. The van der Waals surface area contributed by atoms with Crippen LogP contribution in [0.2, 0.25) is 0 Å². The second-order valence-electron chi connectivity index (χ2n) is 6.71. The summed E-state index contributed by atoms with van der Waals surface area (Å²) in [6, 6.07) is 4.74. The summed E-state index contributed by atoms with van der Waals surface area (Å²) in [5.41, 5.74) is 1.43. The van der Waals surface area contributed by atoms with E-state index in [-0.39, 0.29) is 29.9 Å². The quantitative estimate of drug-likeness (QED) is 0.508. The van der Waals surface area contributed by atoms with Crippen molar-refractivity contribution in [3.63, 3.8) is 0 Å². The molecule has 2 amide bonds. The van der Waals surface area contributed by atoms with E-state index in [2.05, 4.69) is 16.0 Å². The molecule has 1 aromatic carbocycles. The number of hydrogen-bond acceptors (Lipinski definition) is 7. The molecular formula is C17H23N3O5S. The molecule has 0 bridgehead atoms.